The van der Waals surface area contributed by atoms with Gasteiger partial charge >= 0.3 is 0 Å². The van der Waals surface area contributed by atoms with Gasteiger partial charge in [0.25, 0.3) is 0 Å². The third-order valence-corrected chi connectivity index (χ3v) is 3.73. The number of benzene rings is 1. The van der Waals surface area contributed by atoms with Gasteiger partial charge in [0.05, 0.1) is 0 Å². The second-order valence-electron chi connectivity index (χ2n) is 7.76. The van der Waals surface area contributed by atoms with Gasteiger partial charge < -0.3 is 9.84 Å². The van der Waals surface area contributed by atoms with E-state index in [2.05, 4.69) is 48.5 Å². The third-order valence-electron chi connectivity index (χ3n) is 3.73. The van der Waals surface area contributed by atoms with Gasteiger partial charge in [-0.3, -0.25) is 0 Å². The molecular weight excluding hydrogens is 236 g/mol. The van der Waals surface area contributed by atoms with Crippen LogP contribution in [0.15, 0.2) is 6.07 Å². The molecule has 1 aromatic carbocycles. The molecule has 1 heterocycles. The molecule has 0 saturated carbocycles. The maximum atomic E-state index is 10.5. The van der Waals surface area contributed by atoms with Gasteiger partial charge in [0.1, 0.15) is 17.6 Å². The van der Waals surface area contributed by atoms with E-state index in [4.69, 9.17) is 4.74 Å². The van der Waals surface area contributed by atoms with Crippen molar-refractivity contribution in [2.75, 3.05) is 0 Å². The standard InChI is InChI=1S/C17H26O2/c1-10-8-11-14(17(5,6)7)13(18)9-12(15(11)19-10)16(2,3)4/h9-10,18H,8H2,1-7H3. The topological polar surface area (TPSA) is 29.5 Å². The van der Waals surface area contributed by atoms with E-state index in [9.17, 15) is 5.11 Å². The molecule has 1 unspecified atom stereocenters. The summed E-state index contributed by atoms with van der Waals surface area (Å²) in [6.07, 6.45) is 1.08. The monoisotopic (exact) mass is 262 g/mol. The Hall–Kier alpha value is -1.18. The molecule has 0 spiro atoms. The van der Waals surface area contributed by atoms with Gasteiger partial charge in [0, 0.05) is 23.1 Å². The molecule has 0 saturated heterocycles. The molecule has 0 aliphatic carbocycles. The smallest absolute Gasteiger partial charge is 0.127 e. The Morgan fingerprint density at radius 3 is 2.16 bits per heavy atom. The Morgan fingerprint density at radius 1 is 1.11 bits per heavy atom. The average molecular weight is 262 g/mol. The second kappa shape index (κ2) is 4.16. The number of phenolic OH excluding ortho intramolecular Hbond substituents is 1. The van der Waals surface area contributed by atoms with Crippen molar-refractivity contribution in [2.45, 2.75) is 71.8 Å². The summed E-state index contributed by atoms with van der Waals surface area (Å²) < 4.78 is 6.04. The van der Waals surface area contributed by atoms with E-state index in [-0.39, 0.29) is 16.9 Å². The summed E-state index contributed by atoms with van der Waals surface area (Å²) in [7, 11) is 0. The van der Waals surface area contributed by atoms with Crippen LogP contribution >= 0.6 is 0 Å². The lowest BCUT2D eigenvalue weighted by Crippen LogP contribution is -2.17. The van der Waals surface area contributed by atoms with Crippen LogP contribution in [0.25, 0.3) is 0 Å². The zero-order valence-corrected chi connectivity index (χ0v) is 13.2. The summed E-state index contributed by atoms with van der Waals surface area (Å²) in [5.41, 5.74) is 3.25. The molecule has 19 heavy (non-hydrogen) atoms. The highest BCUT2D eigenvalue weighted by atomic mass is 16.5. The van der Waals surface area contributed by atoms with Crippen molar-refractivity contribution >= 4 is 0 Å². The predicted molar refractivity (Wildman–Crippen MR) is 79.3 cm³/mol. The van der Waals surface area contributed by atoms with Crippen LogP contribution in [0.3, 0.4) is 0 Å². The van der Waals surface area contributed by atoms with Gasteiger partial charge in [-0.25, -0.2) is 0 Å². The quantitative estimate of drug-likeness (QED) is 0.755. The van der Waals surface area contributed by atoms with Crippen LogP contribution in [0.4, 0.5) is 0 Å². The maximum absolute atomic E-state index is 10.5. The number of phenols is 1. The van der Waals surface area contributed by atoms with Gasteiger partial charge in [-0.15, -0.1) is 0 Å². The molecule has 1 aromatic rings. The van der Waals surface area contributed by atoms with Gasteiger partial charge in [-0.1, -0.05) is 41.5 Å². The fourth-order valence-electron chi connectivity index (χ4n) is 2.96. The number of hydrogen-bond donors (Lipinski definition) is 1. The lowest BCUT2D eigenvalue weighted by atomic mass is 9.77. The zero-order chi connectivity index (χ0) is 14.6. The van der Waals surface area contributed by atoms with Crippen LogP contribution in [-0.4, -0.2) is 11.2 Å². The normalized spacial score (nSPS) is 19.2. The number of hydrogen-bond acceptors (Lipinski definition) is 2. The molecule has 0 aromatic heterocycles. The fraction of sp³-hybridized carbons (Fsp3) is 0.647. The molecule has 1 N–H and O–H groups in total. The van der Waals surface area contributed by atoms with Gasteiger partial charge in [-0.05, 0) is 23.8 Å². The first kappa shape index (κ1) is 14.2. The highest BCUT2D eigenvalue weighted by Crippen LogP contribution is 2.47. The Labute approximate surface area is 116 Å². The minimum absolute atomic E-state index is 0.0258. The van der Waals surface area contributed by atoms with E-state index in [0.717, 1.165) is 23.3 Å². The third kappa shape index (κ3) is 2.45. The Kier molecular flexibility index (Phi) is 3.11. The van der Waals surface area contributed by atoms with E-state index < -0.39 is 0 Å². The SMILES string of the molecule is CC1Cc2c(c(C(C)(C)C)cc(O)c2C(C)(C)C)O1. The van der Waals surface area contributed by atoms with E-state index in [1.54, 1.807) is 0 Å². The van der Waals surface area contributed by atoms with Gasteiger partial charge in [0.15, 0.2) is 0 Å². The first-order valence-corrected chi connectivity index (χ1v) is 7.08. The van der Waals surface area contributed by atoms with Crippen molar-refractivity contribution in [1.82, 2.24) is 0 Å². The fourth-order valence-corrected chi connectivity index (χ4v) is 2.96. The van der Waals surface area contributed by atoms with Crippen molar-refractivity contribution in [2.24, 2.45) is 0 Å². The molecule has 1 aliphatic rings. The first-order chi connectivity index (χ1) is 8.51. The summed E-state index contributed by atoms with van der Waals surface area (Å²) in [6, 6.07) is 1.90. The summed E-state index contributed by atoms with van der Waals surface area (Å²) >= 11 is 0. The molecule has 106 valence electrons. The Bertz CT molecular complexity index is 501. The van der Waals surface area contributed by atoms with Crippen molar-refractivity contribution in [1.29, 1.82) is 0 Å². The van der Waals surface area contributed by atoms with Crippen LogP contribution in [0.5, 0.6) is 11.5 Å². The molecule has 1 aliphatic heterocycles. The predicted octanol–water partition coefficient (Wildman–Crippen LogP) is 4.31. The summed E-state index contributed by atoms with van der Waals surface area (Å²) in [6.45, 7) is 15.0. The highest BCUT2D eigenvalue weighted by Gasteiger charge is 2.35. The number of rotatable bonds is 0. The lowest BCUT2D eigenvalue weighted by molar-refractivity contribution is 0.249. The number of fused-ring (bicyclic) bond motifs is 1. The minimum atomic E-state index is -0.0714. The molecular formula is C17H26O2. The molecule has 0 bridgehead atoms. The Balaban J connectivity index is 2.74. The van der Waals surface area contributed by atoms with Gasteiger partial charge in [-0.2, -0.15) is 0 Å². The maximum Gasteiger partial charge on any atom is 0.127 e. The number of aromatic hydroxyl groups is 1. The summed E-state index contributed by atoms with van der Waals surface area (Å²) in [5.74, 6) is 1.41. The van der Waals surface area contributed by atoms with E-state index >= 15 is 0 Å². The summed E-state index contributed by atoms with van der Waals surface area (Å²) in [5, 5.41) is 10.5. The van der Waals surface area contributed by atoms with Crippen molar-refractivity contribution in [3.05, 3.63) is 22.8 Å². The van der Waals surface area contributed by atoms with Crippen molar-refractivity contribution in [3.63, 3.8) is 0 Å². The first-order valence-electron chi connectivity index (χ1n) is 7.08. The van der Waals surface area contributed by atoms with E-state index in [1.807, 2.05) is 6.07 Å². The Morgan fingerprint density at radius 2 is 1.68 bits per heavy atom. The van der Waals surface area contributed by atoms with Crippen LogP contribution < -0.4 is 4.74 Å². The van der Waals surface area contributed by atoms with Crippen molar-refractivity contribution < 1.29 is 9.84 Å². The van der Waals surface area contributed by atoms with Crippen LogP contribution in [0, 0.1) is 0 Å². The molecule has 2 nitrogen and oxygen atoms in total. The highest BCUT2D eigenvalue weighted by molar-refractivity contribution is 5.59. The lowest BCUT2D eigenvalue weighted by Gasteiger charge is -2.28. The van der Waals surface area contributed by atoms with E-state index in [1.165, 1.54) is 5.56 Å². The average Bonchev–Trinajstić information content (AvgIpc) is 2.53. The molecule has 0 fully saturated rings. The van der Waals surface area contributed by atoms with Crippen LogP contribution in [0.2, 0.25) is 0 Å². The van der Waals surface area contributed by atoms with Crippen molar-refractivity contribution in [3.8, 4) is 11.5 Å². The van der Waals surface area contributed by atoms with Crippen LogP contribution in [0.1, 0.15) is 65.2 Å². The second-order valence-corrected chi connectivity index (χ2v) is 7.76. The van der Waals surface area contributed by atoms with Gasteiger partial charge in [0.2, 0.25) is 0 Å². The molecule has 2 rings (SSSR count). The largest absolute Gasteiger partial charge is 0.508 e. The van der Waals surface area contributed by atoms with Crippen LogP contribution in [-0.2, 0) is 17.3 Å². The van der Waals surface area contributed by atoms with E-state index in [0.29, 0.717) is 5.75 Å². The molecule has 0 amide bonds. The zero-order valence-electron chi connectivity index (χ0n) is 13.2. The molecule has 2 heteroatoms. The number of ether oxygens (including phenoxy) is 1. The molecule has 0 radical (unpaired) electrons. The minimum Gasteiger partial charge on any atom is -0.508 e. The summed E-state index contributed by atoms with van der Waals surface area (Å²) in [4.78, 5) is 0. The molecule has 1 atom stereocenters.